The number of rotatable bonds is 3. The molecule has 148 valence electrons. The van der Waals surface area contributed by atoms with Gasteiger partial charge in [-0.05, 0) is 106 Å². The predicted molar refractivity (Wildman–Crippen MR) is 114 cm³/mol. The highest BCUT2D eigenvalue weighted by Crippen LogP contribution is 2.66. The monoisotopic (exact) mass is 374 g/mol. The number of hydrogen-bond acceptors (Lipinski definition) is 1. The van der Waals surface area contributed by atoms with Gasteiger partial charge in [0.25, 0.3) is 0 Å². The quantitative estimate of drug-likeness (QED) is 0.375. The lowest BCUT2D eigenvalue weighted by atomic mass is 9.47. The third-order valence-electron chi connectivity index (χ3n) is 9.27. The highest BCUT2D eigenvalue weighted by molar-refractivity contribution is 6.69. The van der Waals surface area contributed by atoms with E-state index in [1.54, 1.807) is 5.57 Å². The molecule has 0 bridgehead atoms. The first kappa shape index (κ1) is 19.2. The van der Waals surface area contributed by atoms with Crippen molar-refractivity contribution in [2.75, 3.05) is 0 Å². The molecule has 0 unspecified atom stereocenters. The Kier molecular flexibility index (Phi) is 4.79. The van der Waals surface area contributed by atoms with Gasteiger partial charge in [0.15, 0.2) is 8.32 Å². The minimum Gasteiger partial charge on any atom is -0.414 e. The van der Waals surface area contributed by atoms with Crippen molar-refractivity contribution in [2.45, 2.75) is 104 Å². The summed E-state index contributed by atoms with van der Waals surface area (Å²) in [6.45, 7) is 14.8. The van der Waals surface area contributed by atoms with Gasteiger partial charge >= 0.3 is 0 Å². The van der Waals surface area contributed by atoms with E-state index in [-0.39, 0.29) is 0 Å². The van der Waals surface area contributed by atoms with E-state index in [9.17, 15) is 0 Å². The zero-order valence-electron chi connectivity index (χ0n) is 18.2. The van der Waals surface area contributed by atoms with Crippen LogP contribution in [0.25, 0.3) is 0 Å². The van der Waals surface area contributed by atoms with E-state index in [0.717, 1.165) is 23.7 Å². The molecule has 0 aromatic heterocycles. The average Bonchev–Trinajstić information content (AvgIpc) is 2.90. The Morgan fingerprint density at radius 1 is 1.04 bits per heavy atom. The van der Waals surface area contributed by atoms with Gasteiger partial charge in [-0.3, -0.25) is 0 Å². The average molecular weight is 375 g/mol. The van der Waals surface area contributed by atoms with Crippen molar-refractivity contribution in [3.05, 3.63) is 11.6 Å². The minimum absolute atomic E-state index is 0.480. The van der Waals surface area contributed by atoms with Gasteiger partial charge in [-0.1, -0.05) is 38.8 Å². The smallest absolute Gasteiger partial charge is 0.184 e. The van der Waals surface area contributed by atoms with Crippen molar-refractivity contribution in [1.29, 1.82) is 0 Å². The van der Waals surface area contributed by atoms with E-state index in [0.29, 0.717) is 16.9 Å². The van der Waals surface area contributed by atoms with Crippen molar-refractivity contribution in [3.8, 4) is 0 Å². The second-order valence-electron chi connectivity index (χ2n) is 11.6. The lowest BCUT2D eigenvalue weighted by Gasteiger charge is -2.58. The highest BCUT2D eigenvalue weighted by atomic mass is 28.4. The van der Waals surface area contributed by atoms with Gasteiger partial charge in [0.1, 0.15) is 0 Å². The second kappa shape index (κ2) is 6.48. The molecule has 0 radical (unpaired) electrons. The molecule has 0 heterocycles. The van der Waals surface area contributed by atoms with Crippen LogP contribution in [-0.2, 0) is 4.43 Å². The fourth-order valence-corrected chi connectivity index (χ4v) is 9.21. The summed E-state index contributed by atoms with van der Waals surface area (Å²) < 4.78 is 6.52. The van der Waals surface area contributed by atoms with Crippen LogP contribution < -0.4 is 0 Å². The van der Waals surface area contributed by atoms with E-state index in [1.807, 2.05) is 0 Å². The van der Waals surface area contributed by atoms with E-state index in [4.69, 9.17) is 4.43 Å². The van der Waals surface area contributed by atoms with Crippen molar-refractivity contribution >= 4 is 8.32 Å². The molecule has 26 heavy (non-hydrogen) atoms. The maximum Gasteiger partial charge on any atom is 0.184 e. The maximum atomic E-state index is 6.52. The summed E-state index contributed by atoms with van der Waals surface area (Å²) in [6.07, 6.45) is 15.9. The van der Waals surface area contributed by atoms with Crippen LogP contribution in [0.2, 0.25) is 19.6 Å². The molecule has 0 aliphatic heterocycles. The Balaban J connectivity index is 1.56. The molecule has 0 aromatic rings. The number of allylic oxidation sites excluding steroid dienone is 1. The van der Waals surface area contributed by atoms with Crippen LogP contribution in [0.5, 0.6) is 0 Å². The zero-order valence-corrected chi connectivity index (χ0v) is 19.2. The molecular formula is C24H42OSi. The molecule has 4 rings (SSSR count). The minimum atomic E-state index is -1.43. The first-order valence-corrected chi connectivity index (χ1v) is 15.0. The standard InChI is InChI=1S/C24H42OSi/c1-7-17-9-11-21-20-10-8-18-16-19(25-26(4,5)6)12-14-24(18,3)22(20)13-15-23(17,21)2/h8,17,19-22H,7,9-16H2,1-6H3/t17-,19-,20-,21-,22-,23+,24-/m0/s1. The van der Waals surface area contributed by atoms with Gasteiger partial charge < -0.3 is 4.43 Å². The molecule has 0 spiro atoms. The Morgan fingerprint density at radius 3 is 2.50 bits per heavy atom. The van der Waals surface area contributed by atoms with Gasteiger partial charge in [0.2, 0.25) is 0 Å². The topological polar surface area (TPSA) is 9.23 Å². The third kappa shape index (κ3) is 2.98. The normalized spacial score (nSPS) is 48.4. The molecule has 0 aromatic carbocycles. The molecule has 0 saturated heterocycles. The summed E-state index contributed by atoms with van der Waals surface area (Å²) in [5, 5.41) is 0. The molecule has 4 aliphatic rings. The molecule has 2 heteroatoms. The lowest BCUT2D eigenvalue weighted by molar-refractivity contribution is -0.0488. The van der Waals surface area contributed by atoms with Crippen LogP contribution in [-0.4, -0.2) is 14.4 Å². The second-order valence-corrected chi connectivity index (χ2v) is 16.0. The maximum absolute atomic E-state index is 6.52. The summed E-state index contributed by atoms with van der Waals surface area (Å²) in [5.41, 5.74) is 2.91. The summed E-state index contributed by atoms with van der Waals surface area (Å²) in [7, 11) is -1.43. The van der Waals surface area contributed by atoms with Crippen LogP contribution in [0.1, 0.15) is 78.6 Å². The molecule has 3 fully saturated rings. The zero-order chi connectivity index (χ0) is 18.7. The van der Waals surface area contributed by atoms with Gasteiger partial charge in [-0.15, -0.1) is 0 Å². The summed E-state index contributed by atoms with van der Waals surface area (Å²) in [5.74, 6) is 3.90. The first-order chi connectivity index (χ1) is 12.2. The van der Waals surface area contributed by atoms with Crippen molar-refractivity contribution < 1.29 is 4.43 Å². The van der Waals surface area contributed by atoms with Gasteiger partial charge in [-0.2, -0.15) is 0 Å². The molecule has 4 aliphatic carbocycles. The molecule has 7 atom stereocenters. The SMILES string of the molecule is CC[C@H]1CC[C@H]2[C@@H]3CC=C4C[C@@H](O[Si](C)(C)C)CC[C@]4(C)[C@H]3CC[C@]12C. The fraction of sp³-hybridized carbons (Fsp3) is 0.917. The largest absolute Gasteiger partial charge is 0.414 e. The van der Waals surface area contributed by atoms with Crippen LogP contribution in [0, 0.1) is 34.5 Å². The Hall–Kier alpha value is -0.0831. The molecule has 1 nitrogen and oxygen atoms in total. The molecule has 3 saturated carbocycles. The molecular weight excluding hydrogens is 332 g/mol. The van der Waals surface area contributed by atoms with Crippen molar-refractivity contribution in [2.24, 2.45) is 34.5 Å². The van der Waals surface area contributed by atoms with Crippen molar-refractivity contribution in [1.82, 2.24) is 0 Å². The van der Waals surface area contributed by atoms with E-state index in [2.05, 4.69) is 46.5 Å². The predicted octanol–water partition coefficient (Wildman–Crippen LogP) is 7.20. The number of fused-ring (bicyclic) bond motifs is 5. The Morgan fingerprint density at radius 2 is 1.81 bits per heavy atom. The highest BCUT2D eigenvalue weighted by Gasteiger charge is 2.58. The van der Waals surface area contributed by atoms with Crippen LogP contribution >= 0.6 is 0 Å². The van der Waals surface area contributed by atoms with Crippen LogP contribution in [0.3, 0.4) is 0 Å². The molecule has 0 N–H and O–H groups in total. The van der Waals surface area contributed by atoms with Crippen molar-refractivity contribution in [3.63, 3.8) is 0 Å². The summed E-state index contributed by atoms with van der Waals surface area (Å²) in [4.78, 5) is 0. The Bertz CT molecular complexity index is 575. The van der Waals surface area contributed by atoms with Crippen LogP contribution in [0.4, 0.5) is 0 Å². The third-order valence-corrected chi connectivity index (χ3v) is 10.3. The lowest BCUT2D eigenvalue weighted by Crippen LogP contribution is -2.51. The molecule has 0 amide bonds. The summed E-state index contributed by atoms with van der Waals surface area (Å²) >= 11 is 0. The van der Waals surface area contributed by atoms with E-state index in [1.165, 1.54) is 57.8 Å². The summed E-state index contributed by atoms with van der Waals surface area (Å²) in [6, 6.07) is 0. The fourth-order valence-electron chi connectivity index (χ4n) is 8.01. The van der Waals surface area contributed by atoms with Gasteiger partial charge in [0.05, 0.1) is 0 Å². The van der Waals surface area contributed by atoms with Crippen LogP contribution in [0.15, 0.2) is 11.6 Å². The van der Waals surface area contributed by atoms with Gasteiger partial charge in [0, 0.05) is 6.10 Å². The van der Waals surface area contributed by atoms with E-state index >= 15 is 0 Å². The first-order valence-electron chi connectivity index (χ1n) is 11.5. The van der Waals surface area contributed by atoms with E-state index < -0.39 is 8.32 Å². The van der Waals surface area contributed by atoms with Gasteiger partial charge in [-0.25, -0.2) is 0 Å². The Labute approximate surface area is 163 Å². The number of hydrogen-bond donors (Lipinski definition) is 0.